The summed E-state index contributed by atoms with van der Waals surface area (Å²) in [5.74, 6) is 0.797. The van der Waals surface area contributed by atoms with Crippen LogP contribution in [0.1, 0.15) is 93.2 Å². The van der Waals surface area contributed by atoms with Crippen LogP contribution in [0, 0.1) is 5.92 Å². The summed E-state index contributed by atoms with van der Waals surface area (Å²) in [6, 6.07) is 0.274. The van der Waals surface area contributed by atoms with Crippen molar-refractivity contribution in [3.63, 3.8) is 0 Å². The number of hydrogen-bond acceptors (Lipinski definition) is 5. The number of hydrogen-bond donors (Lipinski definition) is 1. The van der Waals surface area contributed by atoms with Gasteiger partial charge in [0, 0.05) is 35.6 Å². The average molecular weight is 485 g/mol. The van der Waals surface area contributed by atoms with Gasteiger partial charge in [-0.05, 0) is 77.0 Å². The Hall–Kier alpha value is -1.76. The van der Waals surface area contributed by atoms with E-state index in [2.05, 4.69) is 34.8 Å². The lowest BCUT2D eigenvalue weighted by Crippen LogP contribution is -2.46. The number of rotatable bonds is 4. The minimum atomic E-state index is -0.480. The van der Waals surface area contributed by atoms with Crippen molar-refractivity contribution in [3.8, 4) is 0 Å². The highest BCUT2D eigenvalue weighted by Crippen LogP contribution is 2.43. The van der Waals surface area contributed by atoms with Gasteiger partial charge in [0.15, 0.2) is 0 Å². The molecule has 6 nitrogen and oxygen atoms in total. The molecule has 5 rings (SSSR count). The predicted octanol–water partition coefficient (Wildman–Crippen LogP) is 4.67. The van der Waals surface area contributed by atoms with Gasteiger partial charge in [0.2, 0.25) is 5.91 Å². The van der Waals surface area contributed by atoms with Crippen LogP contribution in [-0.4, -0.2) is 63.5 Å². The molecule has 2 aliphatic heterocycles. The number of halogens is 1. The SMILES string of the molecule is C[C@@H]1CC(O)c2ncnc(C3CCCN(C(=O)[C@@H](C4=CC=C(Cl)CC4)[C@@H]4CCCN4C)CC3)c21. The highest BCUT2D eigenvalue weighted by molar-refractivity contribution is 6.29. The van der Waals surface area contributed by atoms with E-state index in [-0.39, 0.29) is 23.8 Å². The molecule has 1 amide bonds. The molecule has 0 saturated carbocycles. The van der Waals surface area contributed by atoms with Gasteiger partial charge in [0.05, 0.1) is 23.4 Å². The summed E-state index contributed by atoms with van der Waals surface area (Å²) < 4.78 is 0. The molecule has 34 heavy (non-hydrogen) atoms. The Morgan fingerprint density at radius 3 is 2.62 bits per heavy atom. The second-order valence-electron chi connectivity index (χ2n) is 10.7. The van der Waals surface area contributed by atoms with Crippen molar-refractivity contribution < 1.29 is 9.90 Å². The quantitative estimate of drug-likeness (QED) is 0.672. The normalized spacial score (nSPS) is 31.0. The minimum Gasteiger partial charge on any atom is -0.387 e. The minimum absolute atomic E-state index is 0.0801. The molecule has 0 bridgehead atoms. The second-order valence-corrected chi connectivity index (χ2v) is 11.2. The van der Waals surface area contributed by atoms with Gasteiger partial charge in [-0.3, -0.25) is 4.79 Å². The molecule has 2 saturated heterocycles. The van der Waals surface area contributed by atoms with E-state index in [0.717, 1.165) is 93.0 Å². The number of amides is 1. The van der Waals surface area contributed by atoms with Crippen molar-refractivity contribution in [1.82, 2.24) is 19.8 Å². The lowest BCUT2D eigenvalue weighted by molar-refractivity contribution is -0.136. The number of allylic oxidation sites excluding steroid dienone is 3. The van der Waals surface area contributed by atoms with Crippen LogP contribution in [0.5, 0.6) is 0 Å². The molecule has 4 aliphatic rings. The first-order valence-electron chi connectivity index (χ1n) is 13.0. The van der Waals surface area contributed by atoms with Gasteiger partial charge < -0.3 is 14.9 Å². The molecule has 0 radical (unpaired) electrons. The summed E-state index contributed by atoms with van der Waals surface area (Å²) in [5, 5.41) is 11.3. The smallest absolute Gasteiger partial charge is 0.231 e. The van der Waals surface area contributed by atoms with Crippen LogP contribution in [0.3, 0.4) is 0 Å². The first-order chi connectivity index (χ1) is 16.4. The topological polar surface area (TPSA) is 69.6 Å². The Balaban J connectivity index is 1.35. The Morgan fingerprint density at radius 2 is 1.88 bits per heavy atom. The summed E-state index contributed by atoms with van der Waals surface area (Å²) in [4.78, 5) is 27.6. The van der Waals surface area contributed by atoms with Gasteiger partial charge >= 0.3 is 0 Å². The van der Waals surface area contributed by atoms with Crippen LogP contribution in [-0.2, 0) is 4.79 Å². The number of nitrogens with zero attached hydrogens (tertiary/aromatic N) is 4. The van der Waals surface area contributed by atoms with Crippen molar-refractivity contribution in [3.05, 3.63) is 46.0 Å². The number of aliphatic hydroxyl groups excluding tert-OH is 1. The van der Waals surface area contributed by atoms with Crippen LogP contribution in [0.15, 0.2) is 29.1 Å². The summed E-state index contributed by atoms with van der Waals surface area (Å²) in [5.41, 5.74) is 4.31. The van der Waals surface area contributed by atoms with E-state index in [4.69, 9.17) is 16.6 Å². The largest absolute Gasteiger partial charge is 0.387 e. The molecular formula is C27H37ClN4O2. The molecule has 2 fully saturated rings. The molecule has 1 aromatic rings. The van der Waals surface area contributed by atoms with Crippen molar-refractivity contribution in [2.45, 2.75) is 82.3 Å². The van der Waals surface area contributed by atoms with E-state index in [1.54, 1.807) is 6.33 Å². The maximum atomic E-state index is 14.0. The van der Waals surface area contributed by atoms with E-state index in [9.17, 15) is 9.90 Å². The molecule has 2 aliphatic carbocycles. The summed E-state index contributed by atoms with van der Waals surface area (Å²) in [6.45, 7) is 4.78. The van der Waals surface area contributed by atoms with Gasteiger partial charge in [-0.25, -0.2) is 9.97 Å². The van der Waals surface area contributed by atoms with Crippen LogP contribution < -0.4 is 0 Å². The van der Waals surface area contributed by atoms with Gasteiger partial charge in [0.25, 0.3) is 0 Å². The molecule has 1 aromatic heterocycles. The molecule has 0 spiro atoms. The zero-order valence-electron chi connectivity index (χ0n) is 20.4. The third kappa shape index (κ3) is 4.57. The maximum absolute atomic E-state index is 14.0. The van der Waals surface area contributed by atoms with Crippen molar-refractivity contribution in [1.29, 1.82) is 0 Å². The molecule has 2 unspecified atom stereocenters. The summed E-state index contributed by atoms with van der Waals surface area (Å²) >= 11 is 6.24. The zero-order chi connectivity index (χ0) is 23.8. The predicted molar refractivity (Wildman–Crippen MR) is 134 cm³/mol. The summed E-state index contributed by atoms with van der Waals surface area (Å²) in [6.07, 6.45) is 12.8. The molecule has 1 N–H and O–H groups in total. The third-order valence-corrected chi connectivity index (χ3v) is 8.83. The fourth-order valence-electron chi connectivity index (χ4n) is 6.69. The van der Waals surface area contributed by atoms with Crippen molar-refractivity contribution in [2.24, 2.45) is 5.92 Å². The van der Waals surface area contributed by atoms with Crippen molar-refractivity contribution in [2.75, 3.05) is 26.7 Å². The molecule has 7 heteroatoms. The lowest BCUT2D eigenvalue weighted by Gasteiger charge is -2.35. The van der Waals surface area contributed by atoms with E-state index in [1.165, 1.54) is 5.57 Å². The number of aliphatic hydroxyl groups is 1. The Morgan fingerprint density at radius 1 is 1.09 bits per heavy atom. The van der Waals surface area contributed by atoms with Crippen LogP contribution >= 0.6 is 11.6 Å². The van der Waals surface area contributed by atoms with E-state index in [0.29, 0.717) is 5.92 Å². The first-order valence-corrected chi connectivity index (χ1v) is 13.4. The number of aromatic nitrogens is 2. The number of carbonyl (C=O) groups excluding carboxylic acids is 1. The first kappa shape index (κ1) is 24.0. The molecular weight excluding hydrogens is 448 g/mol. The van der Waals surface area contributed by atoms with Gasteiger partial charge in [-0.15, -0.1) is 0 Å². The number of likely N-dealkylation sites (tertiary alicyclic amines) is 2. The monoisotopic (exact) mass is 484 g/mol. The molecule has 184 valence electrons. The zero-order valence-corrected chi connectivity index (χ0v) is 21.2. The standard InChI is InChI=1S/C27H37ClN4O2/c1-17-15-22(33)26-23(17)25(29-16-30-26)19-5-3-13-32(14-11-19)27(34)24(21-6-4-12-31(21)2)18-7-9-20(28)10-8-18/h7,9,16-17,19,21-22,24,33H,3-6,8,10-15H2,1-2H3/t17-,19?,21+,22?,24+/m1/s1. The fourth-order valence-corrected chi connectivity index (χ4v) is 6.84. The van der Waals surface area contributed by atoms with E-state index in [1.807, 2.05) is 6.08 Å². The fraction of sp³-hybridized carbons (Fsp3) is 0.667. The van der Waals surface area contributed by atoms with Crippen LogP contribution in [0.2, 0.25) is 0 Å². The van der Waals surface area contributed by atoms with Crippen molar-refractivity contribution >= 4 is 17.5 Å². The van der Waals surface area contributed by atoms with Crippen LogP contribution in [0.4, 0.5) is 0 Å². The number of carbonyl (C=O) groups is 1. The Kier molecular flexibility index (Phi) is 7.10. The number of fused-ring (bicyclic) bond motifs is 1. The highest BCUT2D eigenvalue weighted by Gasteiger charge is 2.40. The molecule has 5 atom stereocenters. The van der Waals surface area contributed by atoms with E-state index >= 15 is 0 Å². The highest BCUT2D eigenvalue weighted by atomic mass is 35.5. The Bertz CT molecular complexity index is 993. The molecule has 3 heterocycles. The third-order valence-electron chi connectivity index (χ3n) is 8.52. The molecule has 0 aromatic carbocycles. The summed E-state index contributed by atoms with van der Waals surface area (Å²) in [7, 11) is 2.16. The van der Waals surface area contributed by atoms with Gasteiger partial charge in [-0.2, -0.15) is 0 Å². The van der Waals surface area contributed by atoms with E-state index < -0.39 is 6.10 Å². The second kappa shape index (κ2) is 10.1. The average Bonchev–Trinajstić information content (AvgIpc) is 3.26. The van der Waals surface area contributed by atoms with Crippen LogP contribution in [0.25, 0.3) is 0 Å². The maximum Gasteiger partial charge on any atom is 0.231 e. The Labute approximate surface area is 208 Å². The van der Waals surface area contributed by atoms with Gasteiger partial charge in [0.1, 0.15) is 6.33 Å². The van der Waals surface area contributed by atoms with Gasteiger partial charge in [-0.1, -0.05) is 30.2 Å². The lowest BCUT2D eigenvalue weighted by atomic mass is 9.84.